The molecule has 1 aromatic carbocycles. The molecule has 1 aromatic rings. The first-order valence-corrected chi connectivity index (χ1v) is 10.6. The van der Waals surface area contributed by atoms with E-state index in [0.29, 0.717) is 25.6 Å². The molecule has 0 radical (unpaired) electrons. The average Bonchev–Trinajstić information content (AvgIpc) is 2.58. The standard InChI is InChI=1S/C18H29N3O4S/c1-15-17(21(22)23)10-7-11-18(15)26(24,25)20(13-12-19(2)3)14-16-8-5-4-6-9-16/h7,10-11,16H,4-6,8-9,12-14H2,1-3H3. The van der Waals surface area contributed by atoms with Gasteiger partial charge in [-0.2, -0.15) is 4.31 Å². The predicted octanol–water partition coefficient (Wildman–Crippen LogP) is 3.04. The van der Waals surface area contributed by atoms with Crippen LogP contribution in [0.3, 0.4) is 0 Å². The van der Waals surface area contributed by atoms with Crippen molar-refractivity contribution in [2.24, 2.45) is 5.92 Å². The Kier molecular flexibility index (Phi) is 7.14. The number of nitro groups is 1. The second-order valence-corrected chi connectivity index (χ2v) is 9.23. The maximum Gasteiger partial charge on any atom is 0.273 e. The van der Waals surface area contributed by atoms with Gasteiger partial charge in [0.15, 0.2) is 0 Å². The summed E-state index contributed by atoms with van der Waals surface area (Å²) in [5.41, 5.74) is 0.0484. The van der Waals surface area contributed by atoms with Crippen LogP contribution in [0.15, 0.2) is 23.1 Å². The van der Waals surface area contributed by atoms with E-state index in [1.807, 2.05) is 19.0 Å². The van der Waals surface area contributed by atoms with E-state index in [1.54, 1.807) is 0 Å². The lowest BCUT2D eigenvalue weighted by Crippen LogP contribution is -2.40. The van der Waals surface area contributed by atoms with Gasteiger partial charge in [-0.3, -0.25) is 10.1 Å². The van der Waals surface area contributed by atoms with Gasteiger partial charge in [0.1, 0.15) is 0 Å². The summed E-state index contributed by atoms with van der Waals surface area (Å²) >= 11 is 0. The predicted molar refractivity (Wildman–Crippen MR) is 102 cm³/mol. The van der Waals surface area contributed by atoms with E-state index in [4.69, 9.17) is 0 Å². The van der Waals surface area contributed by atoms with Gasteiger partial charge in [-0.1, -0.05) is 25.3 Å². The Bertz CT molecular complexity index is 728. The van der Waals surface area contributed by atoms with Crippen molar-refractivity contribution < 1.29 is 13.3 Å². The van der Waals surface area contributed by atoms with Crippen molar-refractivity contribution in [3.8, 4) is 0 Å². The number of sulfonamides is 1. The van der Waals surface area contributed by atoms with Crippen LogP contribution in [0.5, 0.6) is 0 Å². The fraction of sp³-hybridized carbons (Fsp3) is 0.667. The summed E-state index contributed by atoms with van der Waals surface area (Å²) in [5.74, 6) is 0.361. The first kappa shape index (κ1) is 20.8. The molecule has 0 aromatic heterocycles. The van der Waals surface area contributed by atoms with Crippen LogP contribution in [0.2, 0.25) is 0 Å². The van der Waals surface area contributed by atoms with Gasteiger partial charge in [-0.15, -0.1) is 0 Å². The molecule has 0 aliphatic heterocycles. The smallest absolute Gasteiger partial charge is 0.273 e. The van der Waals surface area contributed by atoms with Crippen molar-refractivity contribution in [1.82, 2.24) is 9.21 Å². The molecule has 1 fully saturated rings. The van der Waals surface area contributed by atoms with E-state index in [-0.39, 0.29) is 16.1 Å². The molecule has 0 atom stereocenters. The fourth-order valence-corrected chi connectivity index (χ4v) is 5.25. The van der Waals surface area contributed by atoms with Crippen LogP contribution >= 0.6 is 0 Å². The van der Waals surface area contributed by atoms with Crippen LogP contribution in [-0.2, 0) is 10.0 Å². The Balaban J connectivity index is 2.34. The number of nitrogens with zero attached hydrogens (tertiary/aromatic N) is 3. The number of benzene rings is 1. The maximum atomic E-state index is 13.3. The average molecular weight is 384 g/mol. The highest BCUT2D eigenvalue weighted by atomic mass is 32.2. The molecule has 0 spiro atoms. The van der Waals surface area contributed by atoms with E-state index in [2.05, 4.69) is 0 Å². The first-order chi connectivity index (χ1) is 12.2. The lowest BCUT2D eigenvalue weighted by Gasteiger charge is -2.30. The van der Waals surface area contributed by atoms with Crippen LogP contribution < -0.4 is 0 Å². The lowest BCUT2D eigenvalue weighted by atomic mass is 9.89. The summed E-state index contributed by atoms with van der Waals surface area (Å²) in [6.45, 7) is 2.99. The van der Waals surface area contributed by atoms with E-state index in [0.717, 1.165) is 25.7 Å². The van der Waals surface area contributed by atoms with Crippen molar-refractivity contribution in [2.45, 2.75) is 43.9 Å². The molecule has 146 valence electrons. The summed E-state index contributed by atoms with van der Waals surface area (Å²) in [5, 5.41) is 11.2. The third-order valence-electron chi connectivity index (χ3n) is 5.05. The minimum absolute atomic E-state index is 0.0428. The highest BCUT2D eigenvalue weighted by Gasteiger charge is 2.31. The van der Waals surface area contributed by atoms with Crippen molar-refractivity contribution in [1.29, 1.82) is 0 Å². The van der Waals surface area contributed by atoms with Crippen LogP contribution in [0, 0.1) is 23.0 Å². The molecule has 0 amide bonds. The zero-order valence-corrected chi connectivity index (χ0v) is 16.7. The summed E-state index contributed by atoms with van der Waals surface area (Å²) in [4.78, 5) is 12.7. The van der Waals surface area contributed by atoms with Gasteiger partial charge in [0.2, 0.25) is 10.0 Å². The fourth-order valence-electron chi connectivity index (χ4n) is 3.50. The minimum Gasteiger partial charge on any atom is -0.308 e. The molecule has 0 unspecified atom stereocenters. The second-order valence-electron chi connectivity index (χ2n) is 7.33. The number of likely N-dealkylation sites (N-methyl/N-ethyl adjacent to an activating group) is 1. The number of nitro benzene ring substituents is 1. The Morgan fingerprint density at radius 3 is 2.38 bits per heavy atom. The monoisotopic (exact) mass is 383 g/mol. The molecule has 1 aliphatic carbocycles. The summed E-state index contributed by atoms with van der Waals surface area (Å²) in [6, 6.07) is 4.27. The summed E-state index contributed by atoms with van der Waals surface area (Å²) in [7, 11) is 0.0329. The molecule has 0 saturated heterocycles. The first-order valence-electron chi connectivity index (χ1n) is 9.12. The van der Waals surface area contributed by atoms with Gasteiger partial charge in [0.25, 0.3) is 5.69 Å². The maximum absolute atomic E-state index is 13.3. The van der Waals surface area contributed by atoms with Gasteiger partial charge in [0.05, 0.1) is 9.82 Å². The van der Waals surface area contributed by atoms with Crippen molar-refractivity contribution in [3.05, 3.63) is 33.9 Å². The Labute approximate surface area is 156 Å². The van der Waals surface area contributed by atoms with Gasteiger partial charge in [-0.05, 0) is 45.8 Å². The SMILES string of the molecule is Cc1c([N+](=O)[O-])cccc1S(=O)(=O)N(CCN(C)C)CC1CCCCC1. The van der Waals surface area contributed by atoms with Crippen LogP contribution in [0.25, 0.3) is 0 Å². The molecule has 7 nitrogen and oxygen atoms in total. The quantitative estimate of drug-likeness (QED) is 0.509. The summed E-state index contributed by atoms with van der Waals surface area (Å²) < 4.78 is 28.1. The van der Waals surface area contributed by atoms with E-state index in [1.165, 1.54) is 35.8 Å². The van der Waals surface area contributed by atoms with Gasteiger partial charge >= 0.3 is 0 Å². The normalized spacial score (nSPS) is 16.3. The van der Waals surface area contributed by atoms with Gasteiger partial charge < -0.3 is 4.90 Å². The third kappa shape index (κ3) is 5.02. The highest BCUT2D eigenvalue weighted by Crippen LogP contribution is 2.30. The third-order valence-corrected chi connectivity index (χ3v) is 7.06. The van der Waals surface area contributed by atoms with Crippen molar-refractivity contribution in [2.75, 3.05) is 33.7 Å². The van der Waals surface area contributed by atoms with Crippen LogP contribution in [0.1, 0.15) is 37.7 Å². The molecule has 0 N–H and O–H groups in total. The summed E-state index contributed by atoms with van der Waals surface area (Å²) in [6.07, 6.45) is 5.58. The molecule has 8 heteroatoms. The molecule has 2 rings (SSSR count). The van der Waals surface area contributed by atoms with E-state index >= 15 is 0 Å². The largest absolute Gasteiger partial charge is 0.308 e. The zero-order chi connectivity index (χ0) is 19.3. The van der Waals surface area contributed by atoms with Gasteiger partial charge in [-0.25, -0.2) is 8.42 Å². The Morgan fingerprint density at radius 2 is 1.81 bits per heavy atom. The van der Waals surface area contributed by atoms with E-state index in [9.17, 15) is 18.5 Å². The Hall–Kier alpha value is -1.51. The minimum atomic E-state index is -3.78. The van der Waals surface area contributed by atoms with Crippen LogP contribution in [0.4, 0.5) is 5.69 Å². The number of hydrogen-bond acceptors (Lipinski definition) is 5. The molecule has 0 bridgehead atoms. The van der Waals surface area contributed by atoms with E-state index < -0.39 is 14.9 Å². The topological polar surface area (TPSA) is 83.8 Å². The van der Waals surface area contributed by atoms with Gasteiger partial charge in [0, 0.05) is 31.3 Å². The van der Waals surface area contributed by atoms with Crippen LogP contribution in [-0.4, -0.2) is 56.3 Å². The Morgan fingerprint density at radius 1 is 1.15 bits per heavy atom. The molecular formula is C18H29N3O4S. The highest BCUT2D eigenvalue weighted by molar-refractivity contribution is 7.89. The molecular weight excluding hydrogens is 354 g/mol. The second kappa shape index (κ2) is 8.92. The number of rotatable bonds is 8. The van der Waals surface area contributed by atoms with Crippen molar-refractivity contribution in [3.63, 3.8) is 0 Å². The molecule has 26 heavy (non-hydrogen) atoms. The molecule has 1 saturated carbocycles. The van der Waals surface area contributed by atoms with Crippen molar-refractivity contribution >= 4 is 15.7 Å². The lowest BCUT2D eigenvalue weighted by molar-refractivity contribution is -0.385. The molecule has 1 aliphatic rings. The zero-order valence-electron chi connectivity index (χ0n) is 15.8. The number of hydrogen-bond donors (Lipinski definition) is 0. The molecule has 0 heterocycles.